The second-order valence-corrected chi connectivity index (χ2v) is 3.74. The topological polar surface area (TPSA) is 70.4 Å². The Labute approximate surface area is 95.9 Å². The second kappa shape index (κ2) is 4.38. The van der Waals surface area contributed by atoms with E-state index < -0.39 is 29.5 Å². The molecule has 1 atom stereocenters. The van der Waals surface area contributed by atoms with Gasteiger partial charge in [-0.2, -0.15) is 13.2 Å². The highest BCUT2D eigenvalue weighted by Gasteiger charge is 2.37. The van der Waals surface area contributed by atoms with E-state index in [1.165, 1.54) is 0 Å². The summed E-state index contributed by atoms with van der Waals surface area (Å²) >= 11 is 2.78. The summed E-state index contributed by atoms with van der Waals surface area (Å²) in [5.41, 5.74) is -2.21. The highest BCUT2D eigenvalue weighted by molar-refractivity contribution is 9.10. The number of aliphatic hydroxyl groups is 1. The van der Waals surface area contributed by atoms with Crippen LogP contribution in [0.15, 0.2) is 16.7 Å². The van der Waals surface area contributed by atoms with Crippen LogP contribution in [0.25, 0.3) is 0 Å². The van der Waals surface area contributed by atoms with Crippen molar-refractivity contribution in [1.82, 2.24) is 4.98 Å². The minimum atomic E-state index is -4.78. The van der Waals surface area contributed by atoms with E-state index in [1.54, 1.807) is 0 Å². The summed E-state index contributed by atoms with van der Waals surface area (Å²) in [5, 5.41) is 17.5. The molecule has 16 heavy (non-hydrogen) atoms. The third-order valence-electron chi connectivity index (χ3n) is 1.68. The molecule has 1 aromatic rings. The molecule has 2 N–H and O–H groups in total. The SMILES string of the molecule is O=C(O)C(O)c1ncc(Br)cc1C(F)(F)F. The third kappa shape index (κ3) is 2.70. The molecule has 0 radical (unpaired) electrons. The number of aliphatic carboxylic acids is 1. The van der Waals surface area contributed by atoms with Gasteiger partial charge in [0.15, 0.2) is 6.10 Å². The Balaban J connectivity index is 3.34. The van der Waals surface area contributed by atoms with Gasteiger partial charge >= 0.3 is 12.1 Å². The van der Waals surface area contributed by atoms with Crippen LogP contribution in [0.5, 0.6) is 0 Å². The average molecular weight is 300 g/mol. The van der Waals surface area contributed by atoms with E-state index in [4.69, 9.17) is 10.2 Å². The summed E-state index contributed by atoms with van der Waals surface area (Å²) in [6.07, 6.45) is -6.09. The maximum absolute atomic E-state index is 12.5. The lowest BCUT2D eigenvalue weighted by Crippen LogP contribution is -2.19. The van der Waals surface area contributed by atoms with Gasteiger partial charge in [0.25, 0.3) is 0 Å². The van der Waals surface area contributed by atoms with Crippen LogP contribution in [0.3, 0.4) is 0 Å². The van der Waals surface area contributed by atoms with Crippen LogP contribution in [0, 0.1) is 0 Å². The predicted octanol–water partition coefficient (Wildman–Crippen LogP) is 1.98. The largest absolute Gasteiger partial charge is 0.479 e. The number of carboxylic acid groups (broad SMARTS) is 1. The maximum Gasteiger partial charge on any atom is 0.418 e. The molecule has 0 fully saturated rings. The fraction of sp³-hybridized carbons (Fsp3) is 0.250. The average Bonchev–Trinajstić information content (AvgIpc) is 2.15. The monoisotopic (exact) mass is 299 g/mol. The summed E-state index contributed by atoms with van der Waals surface area (Å²) in [6.45, 7) is 0. The summed E-state index contributed by atoms with van der Waals surface area (Å²) in [5.74, 6) is -1.79. The van der Waals surface area contributed by atoms with Gasteiger partial charge in [0.2, 0.25) is 0 Å². The molecule has 0 saturated carbocycles. The zero-order valence-electron chi connectivity index (χ0n) is 7.49. The molecule has 0 spiro atoms. The first kappa shape index (κ1) is 12.9. The number of carbonyl (C=O) groups is 1. The molecule has 8 heteroatoms. The Morgan fingerprint density at radius 1 is 1.50 bits per heavy atom. The smallest absolute Gasteiger partial charge is 0.418 e. The van der Waals surface area contributed by atoms with Crippen molar-refractivity contribution in [2.75, 3.05) is 0 Å². The molecule has 1 unspecified atom stereocenters. The van der Waals surface area contributed by atoms with Gasteiger partial charge in [-0.1, -0.05) is 0 Å². The molecule has 0 aliphatic rings. The molecule has 88 valence electrons. The van der Waals surface area contributed by atoms with E-state index in [0.29, 0.717) is 6.07 Å². The molecule has 0 saturated heterocycles. The van der Waals surface area contributed by atoms with E-state index >= 15 is 0 Å². The molecular formula is C8H5BrF3NO3. The Morgan fingerprint density at radius 2 is 2.06 bits per heavy atom. The molecule has 1 rings (SSSR count). The van der Waals surface area contributed by atoms with Gasteiger partial charge in [0.1, 0.15) is 0 Å². The quantitative estimate of drug-likeness (QED) is 0.876. The standard InChI is InChI=1S/C8H5BrF3NO3/c9-3-1-4(8(10,11)12)5(13-2-3)6(14)7(15)16/h1-2,6,14H,(H,15,16). The van der Waals surface area contributed by atoms with E-state index in [2.05, 4.69) is 20.9 Å². The van der Waals surface area contributed by atoms with E-state index in [9.17, 15) is 18.0 Å². The van der Waals surface area contributed by atoms with Gasteiger partial charge in [-0.3, -0.25) is 4.98 Å². The number of rotatable bonds is 2. The zero-order chi connectivity index (χ0) is 12.5. The Hall–Kier alpha value is -1.15. The lowest BCUT2D eigenvalue weighted by molar-refractivity contribution is -0.149. The zero-order valence-corrected chi connectivity index (χ0v) is 9.08. The van der Waals surface area contributed by atoms with Crippen LogP contribution in [0.4, 0.5) is 13.2 Å². The van der Waals surface area contributed by atoms with E-state index in [-0.39, 0.29) is 4.47 Å². The van der Waals surface area contributed by atoms with Gasteiger partial charge in [-0.05, 0) is 22.0 Å². The van der Waals surface area contributed by atoms with Gasteiger partial charge in [0, 0.05) is 10.7 Å². The first-order chi connectivity index (χ1) is 7.23. The van der Waals surface area contributed by atoms with Gasteiger partial charge in [-0.25, -0.2) is 4.79 Å². The number of alkyl halides is 3. The summed E-state index contributed by atoms with van der Waals surface area (Å²) in [4.78, 5) is 13.7. The Morgan fingerprint density at radius 3 is 2.50 bits per heavy atom. The number of carboxylic acids is 1. The minimum absolute atomic E-state index is 0.0427. The lowest BCUT2D eigenvalue weighted by atomic mass is 10.1. The summed E-state index contributed by atoms with van der Waals surface area (Å²) in [7, 11) is 0. The van der Waals surface area contributed by atoms with Crippen molar-refractivity contribution >= 4 is 21.9 Å². The number of aromatic nitrogens is 1. The number of hydrogen-bond donors (Lipinski definition) is 2. The number of halogens is 4. The molecule has 1 heterocycles. The molecule has 4 nitrogen and oxygen atoms in total. The fourth-order valence-corrected chi connectivity index (χ4v) is 1.34. The Bertz CT molecular complexity index is 421. The maximum atomic E-state index is 12.5. The van der Waals surface area contributed by atoms with E-state index in [0.717, 1.165) is 6.20 Å². The predicted molar refractivity (Wildman–Crippen MR) is 49.5 cm³/mol. The van der Waals surface area contributed by atoms with Gasteiger partial charge in [-0.15, -0.1) is 0 Å². The molecule has 0 amide bonds. The highest BCUT2D eigenvalue weighted by Crippen LogP contribution is 2.35. The number of nitrogens with zero attached hydrogens (tertiary/aromatic N) is 1. The lowest BCUT2D eigenvalue weighted by Gasteiger charge is -2.13. The fourth-order valence-electron chi connectivity index (χ4n) is 1.01. The van der Waals surface area contributed by atoms with Gasteiger partial charge in [0.05, 0.1) is 11.3 Å². The normalized spacial score (nSPS) is 13.6. The van der Waals surface area contributed by atoms with Crippen molar-refractivity contribution in [3.05, 3.63) is 28.0 Å². The third-order valence-corrected chi connectivity index (χ3v) is 2.12. The molecular weight excluding hydrogens is 295 g/mol. The summed E-state index contributed by atoms with van der Waals surface area (Å²) < 4.78 is 37.5. The van der Waals surface area contributed by atoms with Crippen LogP contribution in [0.2, 0.25) is 0 Å². The first-order valence-electron chi connectivity index (χ1n) is 3.87. The van der Waals surface area contributed by atoms with Gasteiger partial charge < -0.3 is 10.2 Å². The van der Waals surface area contributed by atoms with Crippen LogP contribution < -0.4 is 0 Å². The van der Waals surface area contributed by atoms with Crippen molar-refractivity contribution in [3.8, 4) is 0 Å². The van der Waals surface area contributed by atoms with Crippen molar-refractivity contribution in [2.24, 2.45) is 0 Å². The number of hydrogen-bond acceptors (Lipinski definition) is 3. The van der Waals surface area contributed by atoms with Crippen molar-refractivity contribution in [2.45, 2.75) is 12.3 Å². The number of aliphatic hydroxyl groups excluding tert-OH is 1. The molecule has 0 aliphatic carbocycles. The van der Waals surface area contributed by atoms with Crippen LogP contribution >= 0.6 is 15.9 Å². The molecule has 0 aliphatic heterocycles. The highest BCUT2D eigenvalue weighted by atomic mass is 79.9. The molecule has 0 aromatic carbocycles. The van der Waals surface area contributed by atoms with Crippen LogP contribution in [-0.4, -0.2) is 21.2 Å². The van der Waals surface area contributed by atoms with Crippen molar-refractivity contribution in [1.29, 1.82) is 0 Å². The second-order valence-electron chi connectivity index (χ2n) is 2.82. The molecule has 1 aromatic heterocycles. The van der Waals surface area contributed by atoms with Crippen LogP contribution in [-0.2, 0) is 11.0 Å². The van der Waals surface area contributed by atoms with Crippen LogP contribution in [0.1, 0.15) is 17.4 Å². The number of pyridine rings is 1. The minimum Gasteiger partial charge on any atom is -0.479 e. The van der Waals surface area contributed by atoms with Crippen molar-refractivity contribution < 1.29 is 28.2 Å². The first-order valence-corrected chi connectivity index (χ1v) is 4.66. The Kier molecular flexibility index (Phi) is 3.54. The molecule has 0 bridgehead atoms. The van der Waals surface area contributed by atoms with E-state index in [1.807, 2.05) is 0 Å². The summed E-state index contributed by atoms with van der Waals surface area (Å²) in [6, 6.07) is 0.661. The van der Waals surface area contributed by atoms with Crippen molar-refractivity contribution in [3.63, 3.8) is 0 Å².